The predicted octanol–water partition coefficient (Wildman–Crippen LogP) is 3.40. The molecule has 106 valence electrons. The first-order valence-corrected chi connectivity index (χ1v) is 6.74. The van der Waals surface area contributed by atoms with E-state index in [2.05, 4.69) is 17.6 Å². The molecule has 1 aromatic rings. The molecule has 0 spiro atoms. The first kappa shape index (κ1) is 16.3. The summed E-state index contributed by atoms with van der Waals surface area (Å²) in [5, 5.41) is 6.88. The van der Waals surface area contributed by atoms with Gasteiger partial charge in [0.1, 0.15) is 0 Å². The molecule has 0 radical (unpaired) electrons. The van der Waals surface area contributed by atoms with Crippen LogP contribution in [0.2, 0.25) is 5.02 Å². The number of rotatable bonds is 2. The molecule has 1 saturated heterocycles. The molecule has 2 N–H and O–H groups in total. The Kier molecular flexibility index (Phi) is 6.11. The van der Waals surface area contributed by atoms with Crippen LogP contribution in [0.15, 0.2) is 18.2 Å². The molecule has 1 aliphatic heterocycles. The Morgan fingerprint density at radius 3 is 2.89 bits per heavy atom. The molecule has 0 saturated carbocycles. The largest absolute Gasteiger partial charge is 0.325 e. The topological polar surface area (TPSA) is 41.1 Å². The van der Waals surface area contributed by atoms with Gasteiger partial charge < -0.3 is 10.6 Å². The second-order valence-electron chi connectivity index (χ2n) is 5.05. The van der Waals surface area contributed by atoms with Gasteiger partial charge in [0.15, 0.2) is 0 Å². The molecule has 1 aromatic carbocycles. The molecule has 19 heavy (non-hydrogen) atoms. The van der Waals surface area contributed by atoms with Gasteiger partial charge in [0.25, 0.3) is 0 Å². The van der Waals surface area contributed by atoms with Gasteiger partial charge in [-0.2, -0.15) is 0 Å². The average Bonchev–Trinajstić information content (AvgIpc) is 2.34. The van der Waals surface area contributed by atoms with Crippen molar-refractivity contribution in [2.45, 2.75) is 32.7 Å². The Morgan fingerprint density at radius 2 is 2.21 bits per heavy atom. The van der Waals surface area contributed by atoms with Crippen molar-refractivity contribution in [2.24, 2.45) is 5.92 Å². The summed E-state index contributed by atoms with van der Waals surface area (Å²) < 4.78 is 0. The van der Waals surface area contributed by atoms with Crippen LogP contribution in [-0.2, 0) is 4.79 Å². The minimum atomic E-state index is 0. The van der Waals surface area contributed by atoms with E-state index in [4.69, 9.17) is 11.6 Å². The summed E-state index contributed by atoms with van der Waals surface area (Å²) in [6.07, 6.45) is 1.77. The van der Waals surface area contributed by atoms with Gasteiger partial charge in [0, 0.05) is 12.0 Å². The summed E-state index contributed by atoms with van der Waals surface area (Å²) >= 11 is 6.08. The van der Waals surface area contributed by atoms with Crippen LogP contribution in [0, 0.1) is 12.8 Å². The van der Waals surface area contributed by atoms with Crippen LogP contribution < -0.4 is 10.6 Å². The Hall–Kier alpha value is -0.770. The van der Waals surface area contributed by atoms with Crippen LogP contribution in [0.25, 0.3) is 0 Å². The van der Waals surface area contributed by atoms with Gasteiger partial charge in [0.05, 0.1) is 10.7 Å². The van der Waals surface area contributed by atoms with Crippen molar-refractivity contribution >= 4 is 35.6 Å². The maximum Gasteiger partial charge on any atom is 0.227 e. The fourth-order valence-corrected chi connectivity index (χ4v) is 2.50. The van der Waals surface area contributed by atoms with E-state index in [0.717, 1.165) is 24.9 Å². The second kappa shape index (κ2) is 7.13. The van der Waals surface area contributed by atoms with Crippen molar-refractivity contribution in [1.82, 2.24) is 5.32 Å². The van der Waals surface area contributed by atoms with Gasteiger partial charge in [-0.1, -0.05) is 17.7 Å². The van der Waals surface area contributed by atoms with E-state index in [1.54, 1.807) is 0 Å². The number of benzene rings is 1. The number of hydrogen-bond donors (Lipinski definition) is 2. The zero-order chi connectivity index (χ0) is 13.1. The third-order valence-corrected chi connectivity index (χ3v) is 3.70. The first-order valence-electron chi connectivity index (χ1n) is 6.36. The van der Waals surface area contributed by atoms with Crippen LogP contribution in [0.3, 0.4) is 0 Å². The quantitative estimate of drug-likeness (QED) is 0.879. The minimum absolute atomic E-state index is 0. The van der Waals surface area contributed by atoms with Crippen molar-refractivity contribution in [3.63, 3.8) is 0 Å². The number of aryl methyl sites for hydroxylation is 1. The van der Waals surface area contributed by atoms with Crippen LogP contribution in [0.1, 0.15) is 25.3 Å². The molecule has 3 nitrogen and oxygen atoms in total. The summed E-state index contributed by atoms with van der Waals surface area (Å²) in [6, 6.07) is 6.06. The number of halogens is 2. The minimum Gasteiger partial charge on any atom is -0.325 e. The monoisotopic (exact) mass is 302 g/mol. The number of hydrogen-bond acceptors (Lipinski definition) is 2. The fraction of sp³-hybridized carbons (Fsp3) is 0.500. The number of carbonyl (C=O) groups excluding carboxylic acids is 1. The summed E-state index contributed by atoms with van der Waals surface area (Å²) in [6.45, 7) is 5.00. The lowest BCUT2D eigenvalue weighted by atomic mass is 9.92. The van der Waals surface area contributed by atoms with E-state index < -0.39 is 0 Å². The van der Waals surface area contributed by atoms with Gasteiger partial charge >= 0.3 is 0 Å². The molecule has 0 unspecified atom stereocenters. The van der Waals surface area contributed by atoms with E-state index in [9.17, 15) is 4.79 Å². The lowest BCUT2D eigenvalue weighted by molar-refractivity contribution is -0.120. The molecule has 0 aliphatic carbocycles. The third-order valence-electron chi connectivity index (χ3n) is 3.37. The molecule has 1 fully saturated rings. The number of anilines is 1. The van der Waals surface area contributed by atoms with Crippen molar-refractivity contribution in [3.05, 3.63) is 28.8 Å². The highest BCUT2D eigenvalue weighted by molar-refractivity contribution is 6.33. The summed E-state index contributed by atoms with van der Waals surface area (Å²) in [5.41, 5.74) is 1.81. The van der Waals surface area contributed by atoms with Crippen molar-refractivity contribution in [3.8, 4) is 0 Å². The molecule has 2 atom stereocenters. The summed E-state index contributed by atoms with van der Waals surface area (Å²) in [7, 11) is 0. The van der Waals surface area contributed by atoms with Gasteiger partial charge in [-0.25, -0.2) is 0 Å². The molecule has 0 aromatic heterocycles. The Bertz CT molecular complexity index is 451. The Morgan fingerprint density at radius 1 is 1.47 bits per heavy atom. The van der Waals surface area contributed by atoms with E-state index >= 15 is 0 Å². The average molecular weight is 303 g/mol. The van der Waals surface area contributed by atoms with Gasteiger partial charge in [-0.3, -0.25) is 4.79 Å². The van der Waals surface area contributed by atoms with Gasteiger partial charge in [0.2, 0.25) is 5.91 Å². The maximum atomic E-state index is 12.2. The third kappa shape index (κ3) is 4.37. The van der Waals surface area contributed by atoms with Crippen molar-refractivity contribution in [1.29, 1.82) is 0 Å². The van der Waals surface area contributed by atoms with Crippen LogP contribution in [0.4, 0.5) is 5.69 Å². The van der Waals surface area contributed by atoms with Gasteiger partial charge in [-0.05, 0) is 50.9 Å². The van der Waals surface area contributed by atoms with Crippen LogP contribution in [-0.4, -0.2) is 18.5 Å². The van der Waals surface area contributed by atoms with Crippen molar-refractivity contribution < 1.29 is 4.79 Å². The number of carbonyl (C=O) groups is 1. The van der Waals surface area contributed by atoms with Crippen LogP contribution in [0.5, 0.6) is 0 Å². The van der Waals surface area contributed by atoms with Gasteiger partial charge in [-0.15, -0.1) is 12.4 Å². The lowest BCUT2D eigenvalue weighted by Gasteiger charge is -2.27. The SMILES string of the molecule is Cc1ccc(Cl)c(NC(=O)[C@H]2CCN[C@@H](C)C2)c1.Cl. The molecule has 0 bridgehead atoms. The Balaban J connectivity index is 0.00000180. The Labute approximate surface area is 125 Å². The first-order chi connectivity index (χ1) is 8.56. The molecule has 1 heterocycles. The number of piperidine rings is 1. The van der Waals surface area contributed by atoms with E-state index in [1.807, 2.05) is 25.1 Å². The smallest absolute Gasteiger partial charge is 0.227 e. The van der Waals surface area contributed by atoms with E-state index in [1.165, 1.54) is 0 Å². The summed E-state index contributed by atoms with van der Waals surface area (Å²) in [5.74, 6) is 0.161. The lowest BCUT2D eigenvalue weighted by Crippen LogP contribution is -2.40. The van der Waals surface area contributed by atoms with Crippen molar-refractivity contribution in [2.75, 3.05) is 11.9 Å². The highest BCUT2D eigenvalue weighted by Gasteiger charge is 2.25. The molecular formula is C14H20Cl2N2O. The maximum absolute atomic E-state index is 12.2. The predicted molar refractivity (Wildman–Crippen MR) is 82.3 cm³/mol. The van der Waals surface area contributed by atoms with E-state index in [-0.39, 0.29) is 24.2 Å². The second-order valence-corrected chi connectivity index (χ2v) is 5.46. The zero-order valence-electron chi connectivity index (χ0n) is 11.2. The van der Waals surface area contributed by atoms with Crippen LogP contribution >= 0.6 is 24.0 Å². The molecule has 1 aliphatic rings. The normalized spacial score (nSPS) is 22.5. The number of amides is 1. The molecule has 5 heteroatoms. The highest BCUT2D eigenvalue weighted by atomic mass is 35.5. The molecule has 2 rings (SSSR count). The summed E-state index contributed by atoms with van der Waals surface area (Å²) in [4.78, 5) is 12.2. The number of nitrogens with one attached hydrogen (secondary N) is 2. The zero-order valence-corrected chi connectivity index (χ0v) is 12.8. The molecule has 1 amide bonds. The molecular weight excluding hydrogens is 283 g/mol. The highest BCUT2D eigenvalue weighted by Crippen LogP contribution is 2.25. The van der Waals surface area contributed by atoms with E-state index in [0.29, 0.717) is 16.8 Å². The fourth-order valence-electron chi connectivity index (χ4n) is 2.34. The standard InChI is InChI=1S/C14H19ClN2O.ClH/c1-9-3-4-12(15)13(7-9)17-14(18)11-5-6-16-10(2)8-11;/h3-4,7,10-11,16H,5-6,8H2,1-2H3,(H,17,18);1H/t10-,11-;/m0./s1.